The van der Waals surface area contributed by atoms with Crippen LogP contribution in [0.1, 0.15) is 121 Å². The van der Waals surface area contributed by atoms with Crippen molar-refractivity contribution in [2.45, 2.75) is 122 Å². The van der Waals surface area contributed by atoms with E-state index in [-0.39, 0.29) is 12.7 Å². The Morgan fingerprint density at radius 2 is 1.37 bits per heavy atom. The van der Waals surface area contributed by atoms with Crippen LogP contribution in [0, 0.1) is 11.3 Å². The SMILES string of the molecule is CCCCCCCCCCCCCCCCCCOC[C@H](CO)OCc1ccc(OC)c(C#N)c1. The van der Waals surface area contributed by atoms with Crippen molar-refractivity contribution in [2.75, 3.05) is 26.9 Å². The van der Waals surface area contributed by atoms with Crippen molar-refractivity contribution < 1.29 is 19.3 Å². The molecule has 0 unspecified atom stereocenters. The number of benzene rings is 1. The van der Waals surface area contributed by atoms with E-state index in [1.807, 2.05) is 6.07 Å². The lowest BCUT2D eigenvalue weighted by Gasteiger charge is -2.16. The van der Waals surface area contributed by atoms with Gasteiger partial charge in [0.25, 0.3) is 0 Å². The molecule has 0 bridgehead atoms. The minimum absolute atomic E-state index is 0.0831. The highest BCUT2D eigenvalue weighted by molar-refractivity contribution is 5.45. The number of aliphatic hydroxyl groups is 1. The third kappa shape index (κ3) is 16.6. The van der Waals surface area contributed by atoms with Crippen LogP contribution >= 0.6 is 0 Å². The molecular formula is C30H51NO4. The van der Waals surface area contributed by atoms with E-state index in [9.17, 15) is 10.4 Å². The van der Waals surface area contributed by atoms with Crippen LogP contribution in [0.25, 0.3) is 0 Å². The zero-order valence-corrected chi connectivity index (χ0v) is 22.6. The molecule has 1 N–H and O–H groups in total. The van der Waals surface area contributed by atoms with E-state index < -0.39 is 0 Å². The predicted molar refractivity (Wildman–Crippen MR) is 144 cm³/mol. The van der Waals surface area contributed by atoms with Gasteiger partial charge >= 0.3 is 0 Å². The summed E-state index contributed by atoms with van der Waals surface area (Å²) in [6.45, 7) is 3.61. The fourth-order valence-electron chi connectivity index (χ4n) is 4.27. The molecule has 0 aromatic heterocycles. The van der Waals surface area contributed by atoms with Gasteiger partial charge in [-0.25, -0.2) is 0 Å². The second-order valence-electron chi connectivity index (χ2n) is 9.64. The quantitative estimate of drug-likeness (QED) is 0.150. The fourth-order valence-corrected chi connectivity index (χ4v) is 4.27. The lowest BCUT2D eigenvalue weighted by Crippen LogP contribution is -2.24. The van der Waals surface area contributed by atoms with Crippen molar-refractivity contribution in [1.29, 1.82) is 5.26 Å². The summed E-state index contributed by atoms with van der Waals surface area (Å²) in [5.41, 5.74) is 1.35. The standard InChI is InChI=1S/C30H51NO4/c1-3-4-5-6-7-8-9-10-11-12-13-14-15-16-17-18-21-34-26-29(24-32)35-25-27-19-20-30(33-2)28(22-27)23-31/h19-20,22,29,32H,3-18,21,24-26H2,1-2H3/t29-/m0/s1. The summed E-state index contributed by atoms with van der Waals surface area (Å²) in [6.07, 6.45) is 21.4. The molecule has 1 aromatic carbocycles. The number of hydrogen-bond donors (Lipinski definition) is 1. The fraction of sp³-hybridized carbons (Fsp3) is 0.767. The number of unbranched alkanes of at least 4 members (excludes halogenated alkanes) is 15. The van der Waals surface area contributed by atoms with Gasteiger partial charge in [0.1, 0.15) is 17.9 Å². The van der Waals surface area contributed by atoms with Gasteiger partial charge in [-0.15, -0.1) is 0 Å². The number of hydrogen-bond acceptors (Lipinski definition) is 5. The first-order chi connectivity index (χ1) is 17.2. The van der Waals surface area contributed by atoms with E-state index in [1.165, 1.54) is 96.3 Å². The number of ether oxygens (including phenoxy) is 3. The van der Waals surface area contributed by atoms with Gasteiger partial charge in [-0.3, -0.25) is 0 Å². The van der Waals surface area contributed by atoms with Gasteiger partial charge in [0.2, 0.25) is 0 Å². The van der Waals surface area contributed by atoms with E-state index >= 15 is 0 Å². The van der Waals surface area contributed by atoms with E-state index in [0.29, 0.717) is 31.1 Å². The molecule has 0 fully saturated rings. The van der Waals surface area contributed by atoms with Crippen molar-refractivity contribution in [3.8, 4) is 11.8 Å². The smallest absolute Gasteiger partial charge is 0.136 e. The van der Waals surface area contributed by atoms with Crippen molar-refractivity contribution >= 4 is 0 Å². The molecule has 0 saturated heterocycles. The van der Waals surface area contributed by atoms with Crippen LogP contribution in [0.15, 0.2) is 18.2 Å². The van der Waals surface area contributed by atoms with Crippen LogP contribution in [0.4, 0.5) is 0 Å². The number of nitrogens with zero attached hydrogens (tertiary/aromatic N) is 1. The predicted octanol–water partition coefficient (Wildman–Crippen LogP) is 7.72. The molecule has 0 saturated carbocycles. The Morgan fingerprint density at radius 3 is 1.86 bits per heavy atom. The third-order valence-electron chi connectivity index (χ3n) is 6.52. The highest BCUT2D eigenvalue weighted by Gasteiger charge is 2.10. The maximum absolute atomic E-state index is 9.55. The van der Waals surface area contributed by atoms with E-state index in [1.54, 1.807) is 19.2 Å². The topological polar surface area (TPSA) is 71.7 Å². The average molecular weight is 490 g/mol. The number of rotatable bonds is 24. The van der Waals surface area contributed by atoms with Crippen LogP contribution < -0.4 is 4.74 Å². The summed E-state index contributed by atoms with van der Waals surface area (Å²) in [7, 11) is 1.55. The lowest BCUT2D eigenvalue weighted by atomic mass is 10.0. The van der Waals surface area contributed by atoms with Crippen LogP contribution in [-0.4, -0.2) is 38.1 Å². The molecule has 1 atom stereocenters. The van der Waals surface area contributed by atoms with Gasteiger partial charge in [0.15, 0.2) is 0 Å². The van der Waals surface area contributed by atoms with Gasteiger partial charge in [0.05, 0.1) is 32.5 Å². The molecule has 200 valence electrons. The number of nitriles is 1. The molecular weight excluding hydrogens is 438 g/mol. The van der Waals surface area contributed by atoms with Crippen LogP contribution in [0.5, 0.6) is 5.75 Å². The van der Waals surface area contributed by atoms with Gasteiger partial charge in [0, 0.05) is 6.61 Å². The molecule has 5 nitrogen and oxygen atoms in total. The van der Waals surface area contributed by atoms with Crippen molar-refractivity contribution in [3.05, 3.63) is 29.3 Å². The zero-order chi connectivity index (χ0) is 25.4. The maximum atomic E-state index is 9.55. The highest BCUT2D eigenvalue weighted by Crippen LogP contribution is 2.19. The second-order valence-corrected chi connectivity index (χ2v) is 9.64. The zero-order valence-electron chi connectivity index (χ0n) is 22.6. The molecule has 35 heavy (non-hydrogen) atoms. The van der Waals surface area contributed by atoms with E-state index in [4.69, 9.17) is 14.2 Å². The molecule has 0 aliphatic rings. The Balaban J connectivity index is 1.92. The Labute approximate surface area is 215 Å². The number of methoxy groups -OCH3 is 1. The highest BCUT2D eigenvalue weighted by atomic mass is 16.5. The first-order valence-corrected chi connectivity index (χ1v) is 14.1. The minimum atomic E-state index is -0.358. The average Bonchev–Trinajstić information content (AvgIpc) is 2.89. The molecule has 0 aliphatic carbocycles. The van der Waals surface area contributed by atoms with E-state index in [0.717, 1.165) is 12.0 Å². The minimum Gasteiger partial charge on any atom is -0.495 e. The van der Waals surface area contributed by atoms with Gasteiger partial charge in [-0.05, 0) is 24.1 Å². The Bertz CT molecular complexity index is 658. The summed E-state index contributed by atoms with van der Waals surface area (Å²) < 4.78 is 16.6. The van der Waals surface area contributed by atoms with Crippen LogP contribution in [0.3, 0.4) is 0 Å². The summed E-state index contributed by atoms with van der Waals surface area (Å²) in [5.74, 6) is 0.553. The monoisotopic (exact) mass is 489 g/mol. The molecule has 0 radical (unpaired) electrons. The van der Waals surface area contributed by atoms with Crippen LogP contribution in [-0.2, 0) is 16.1 Å². The first kappa shape index (κ1) is 31.4. The summed E-state index contributed by atoms with van der Waals surface area (Å²) in [5, 5.41) is 18.7. The van der Waals surface area contributed by atoms with Gasteiger partial charge in [-0.2, -0.15) is 5.26 Å². The summed E-state index contributed by atoms with van der Waals surface area (Å²) in [6, 6.07) is 7.51. The largest absolute Gasteiger partial charge is 0.495 e. The maximum Gasteiger partial charge on any atom is 0.136 e. The second kappa shape index (κ2) is 22.8. The molecule has 0 aliphatic heterocycles. The summed E-state index contributed by atoms with van der Waals surface area (Å²) in [4.78, 5) is 0. The van der Waals surface area contributed by atoms with Crippen molar-refractivity contribution in [2.24, 2.45) is 0 Å². The third-order valence-corrected chi connectivity index (χ3v) is 6.52. The first-order valence-electron chi connectivity index (χ1n) is 14.1. The van der Waals surface area contributed by atoms with Crippen molar-refractivity contribution in [1.82, 2.24) is 0 Å². The molecule has 0 spiro atoms. The Hall–Kier alpha value is -1.61. The Morgan fingerprint density at radius 1 is 0.829 bits per heavy atom. The molecule has 0 amide bonds. The van der Waals surface area contributed by atoms with Gasteiger partial charge < -0.3 is 19.3 Å². The number of aliphatic hydroxyl groups excluding tert-OH is 1. The normalized spacial score (nSPS) is 11.9. The van der Waals surface area contributed by atoms with Crippen molar-refractivity contribution in [3.63, 3.8) is 0 Å². The summed E-state index contributed by atoms with van der Waals surface area (Å²) >= 11 is 0. The van der Waals surface area contributed by atoms with E-state index in [2.05, 4.69) is 13.0 Å². The molecule has 1 rings (SSSR count). The van der Waals surface area contributed by atoms with Crippen LogP contribution in [0.2, 0.25) is 0 Å². The molecule has 5 heteroatoms. The molecule has 0 heterocycles. The molecule has 1 aromatic rings. The lowest BCUT2D eigenvalue weighted by molar-refractivity contribution is -0.0502. The van der Waals surface area contributed by atoms with Gasteiger partial charge in [-0.1, -0.05) is 109 Å². The Kier molecular flexibility index (Phi) is 20.5.